The van der Waals surface area contributed by atoms with Crippen molar-refractivity contribution in [3.05, 3.63) is 0 Å². The summed E-state index contributed by atoms with van der Waals surface area (Å²) in [6, 6.07) is 0. The summed E-state index contributed by atoms with van der Waals surface area (Å²) in [4.78, 5) is 0. The largest absolute Gasteiger partial charge is 0.377 e. The topological polar surface area (TPSA) is 9.23 Å². The second-order valence-electron chi connectivity index (χ2n) is 2.55. The van der Waals surface area contributed by atoms with Gasteiger partial charge in [-0.3, -0.25) is 0 Å². The first-order valence-corrected chi connectivity index (χ1v) is 4.16. The first-order valence-electron chi connectivity index (χ1n) is 3.64. The Kier molecular flexibility index (Phi) is 2.86. The smallest absolute Gasteiger partial charge is 0.0691 e. The van der Waals surface area contributed by atoms with Crippen LogP contribution in [0.3, 0.4) is 0 Å². The highest BCUT2D eigenvalue weighted by atomic mass is 32.1. The Balaban J connectivity index is 2.22. The second-order valence-corrected chi connectivity index (χ2v) is 3.22. The van der Waals surface area contributed by atoms with Gasteiger partial charge < -0.3 is 4.74 Å². The highest BCUT2D eigenvalue weighted by molar-refractivity contribution is 7.81. The molecule has 1 saturated heterocycles. The van der Waals surface area contributed by atoms with Gasteiger partial charge in [0.25, 0.3) is 0 Å². The van der Waals surface area contributed by atoms with Crippen LogP contribution in [0.2, 0.25) is 0 Å². The van der Waals surface area contributed by atoms with E-state index >= 15 is 0 Å². The minimum absolute atomic E-state index is 0.443. The summed E-state index contributed by atoms with van der Waals surface area (Å²) in [6.07, 6.45) is 3.96. The number of hydrogen-bond donors (Lipinski definition) is 1. The molecule has 1 fully saturated rings. The van der Waals surface area contributed by atoms with Crippen LogP contribution in [0.4, 0.5) is 0 Å². The van der Waals surface area contributed by atoms with Crippen molar-refractivity contribution >= 4 is 12.6 Å². The van der Waals surface area contributed by atoms with Gasteiger partial charge >= 0.3 is 0 Å². The predicted molar refractivity (Wildman–Crippen MR) is 42.0 cm³/mol. The minimum atomic E-state index is 0.443. The van der Waals surface area contributed by atoms with Crippen molar-refractivity contribution < 1.29 is 4.74 Å². The van der Waals surface area contributed by atoms with Gasteiger partial charge in [0.05, 0.1) is 6.10 Å². The van der Waals surface area contributed by atoms with Crippen LogP contribution in [-0.4, -0.2) is 18.0 Å². The fraction of sp³-hybridized carbons (Fsp3) is 1.00. The first kappa shape index (κ1) is 7.42. The van der Waals surface area contributed by atoms with E-state index in [1.165, 1.54) is 12.8 Å². The van der Waals surface area contributed by atoms with Crippen molar-refractivity contribution in [2.45, 2.75) is 37.5 Å². The second kappa shape index (κ2) is 3.47. The Morgan fingerprint density at radius 1 is 1.67 bits per heavy atom. The molecule has 0 aromatic carbocycles. The van der Waals surface area contributed by atoms with Crippen molar-refractivity contribution in [2.75, 3.05) is 6.61 Å². The van der Waals surface area contributed by atoms with Gasteiger partial charge in [-0.25, -0.2) is 0 Å². The molecule has 0 aromatic heterocycles. The maximum atomic E-state index is 5.43. The normalized spacial score (nSPS) is 35.3. The van der Waals surface area contributed by atoms with Gasteiger partial charge in [0, 0.05) is 11.9 Å². The van der Waals surface area contributed by atoms with E-state index in [4.69, 9.17) is 4.74 Å². The van der Waals surface area contributed by atoms with E-state index in [0.717, 1.165) is 13.0 Å². The van der Waals surface area contributed by atoms with Crippen LogP contribution in [0.1, 0.15) is 26.2 Å². The summed E-state index contributed by atoms with van der Waals surface area (Å²) in [5.41, 5.74) is 0. The number of thiol groups is 1. The van der Waals surface area contributed by atoms with E-state index in [1.54, 1.807) is 0 Å². The van der Waals surface area contributed by atoms with Gasteiger partial charge in [-0.05, 0) is 12.8 Å². The molecule has 1 heterocycles. The molecule has 0 radical (unpaired) electrons. The molecule has 2 atom stereocenters. The Hall–Kier alpha value is 0.310. The lowest BCUT2D eigenvalue weighted by Crippen LogP contribution is -2.14. The molecule has 0 N–H and O–H groups in total. The Bertz CT molecular complexity index is 85.0. The highest BCUT2D eigenvalue weighted by Gasteiger charge is 2.23. The Labute approximate surface area is 62.2 Å². The molecule has 0 amide bonds. The van der Waals surface area contributed by atoms with Crippen LogP contribution >= 0.6 is 12.6 Å². The lowest BCUT2D eigenvalue weighted by molar-refractivity contribution is 0.106. The number of ether oxygens (including phenoxy) is 1. The van der Waals surface area contributed by atoms with Gasteiger partial charge in [-0.1, -0.05) is 13.3 Å². The van der Waals surface area contributed by atoms with Gasteiger partial charge in [0.1, 0.15) is 0 Å². The SMILES string of the molecule is CCC[C@@H]1OCC[C@H]1S. The molecule has 1 rings (SSSR count). The fourth-order valence-electron chi connectivity index (χ4n) is 1.20. The molecule has 2 heteroatoms. The monoisotopic (exact) mass is 146 g/mol. The maximum absolute atomic E-state index is 5.43. The molecular formula is C7H14OS. The third kappa shape index (κ3) is 1.87. The van der Waals surface area contributed by atoms with Gasteiger partial charge in [0.2, 0.25) is 0 Å². The van der Waals surface area contributed by atoms with Gasteiger partial charge in [0.15, 0.2) is 0 Å². The Morgan fingerprint density at radius 3 is 2.89 bits per heavy atom. The maximum Gasteiger partial charge on any atom is 0.0691 e. The average molecular weight is 146 g/mol. The number of rotatable bonds is 2. The first-order chi connectivity index (χ1) is 4.34. The van der Waals surface area contributed by atoms with Crippen molar-refractivity contribution in [3.8, 4) is 0 Å². The van der Waals surface area contributed by atoms with Gasteiger partial charge in [-0.15, -0.1) is 0 Å². The van der Waals surface area contributed by atoms with E-state index in [9.17, 15) is 0 Å². The predicted octanol–water partition coefficient (Wildman–Crippen LogP) is 1.87. The van der Waals surface area contributed by atoms with Crippen molar-refractivity contribution in [1.82, 2.24) is 0 Å². The summed E-state index contributed by atoms with van der Waals surface area (Å²) in [5, 5.41) is 0.505. The van der Waals surface area contributed by atoms with Crippen LogP contribution in [0.5, 0.6) is 0 Å². The van der Waals surface area contributed by atoms with Crippen LogP contribution in [0.25, 0.3) is 0 Å². The molecule has 9 heavy (non-hydrogen) atoms. The molecule has 0 spiro atoms. The summed E-state index contributed by atoms with van der Waals surface area (Å²) in [5.74, 6) is 0. The molecule has 0 bridgehead atoms. The standard InChI is InChI=1S/C7H14OS/c1-2-3-6-7(9)4-5-8-6/h6-7,9H,2-5H2,1H3/t6-,7+/m0/s1. The summed E-state index contributed by atoms with van der Waals surface area (Å²) in [6.45, 7) is 3.10. The molecule has 1 aliphatic heterocycles. The zero-order valence-electron chi connectivity index (χ0n) is 5.84. The van der Waals surface area contributed by atoms with Crippen LogP contribution in [0, 0.1) is 0 Å². The molecule has 54 valence electrons. The highest BCUT2D eigenvalue weighted by Crippen LogP contribution is 2.22. The van der Waals surface area contributed by atoms with E-state index < -0.39 is 0 Å². The summed E-state index contributed by atoms with van der Waals surface area (Å²) < 4.78 is 5.43. The lowest BCUT2D eigenvalue weighted by atomic mass is 10.1. The molecule has 0 saturated carbocycles. The van der Waals surface area contributed by atoms with Crippen LogP contribution in [-0.2, 0) is 4.74 Å². The zero-order valence-corrected chi connectivity index (χ0v) is 6.73. The molecular weight excluding hydrogens is 132 g/mol. The van der Waals surface area contributed by atoms with Gasteiger partial charge in [-0.2, -0.15) is 12.6 Å². The average Bonchev–Trinajstić information content (AvgIpc) is 2.18. The van der Waals surface area contributed by atoms with E-state index in [2.05, 4.69) is 19.6 Å². The van der Waals surface area contributed by atoms with E-state index in [-0.39, 0.29) is 0 Å². The zero-order chi connectivity index (χ0) is 6.69. The molecule has 0 aliphatic carbocycles. The lowest BCUT2D eigenvalue weighted by Gasteiger charge is -2.11. The van der Waals surface area contributed by atoms with Crippen molar-refractivity contribution in [1.29, 1.82) is 0 Å². The minimum Gasteiger partial charge on any atom is -0.377 e. The summed E-state index contributed by atoms with van der Waals surface area (Å²) >= 11 is 4.40. The molecule has 0 aromatic rings. The molecule has 0 unspecified atom stereocenters. The van der Waals surface area contributed by atoms with Crippen LogP contribution < -0.4 is 0 Å². The van der Waals surface area contributed by atoms with E-state index in [1.807, 2.05) is 0 Å². The van der Waals surface area contributed by atoms with Crippen molar-refractivity contribution in [3.63, 3.8) is 0 Å². The third-order valence-corrected chi connectivity index (χ3v) is 2.34. The fourth-order valence-corrected chi connectivity index (χ4v) is 1.54. The molecule has 1 nitrogen and oxygen atoms in total. The summed E-state index contributed by atoms with van der Waals surface area (Å²) in [7, 11) is 0. The quantitative estimate of drug-likeness (QED) is 0.585. The number of hydrogen-bond acceptors (Lipinski definition) is 2. The third-order valence-electron chi connectivity index (χ3n) is 1.75. The van der Waals surface area contributed by atoms with E-state index in [0.29, 0.717) is 11.4 Å². The van der Waals surface area contributed by atoms with Crippen LogP contribution in [0.15, 0.2) is 0 Å². The van der Waals surface area contributed by atoms with Crippen molar-refractivity contribution in [2.24, 2.45) is 0 Å². The molecule has 1 aliphatic rings. The Morgan fingerprint density at radius 2 is 2.44 bits per heavy atom.